The van der Waals surface area contributed by atoms with Gasteiger partial charge >= 0.3 is 0 Å². The molecular weight excluding hydrogens is 264 g/mol. The summed E-state index contributed by atoms with van der Waals surface area (Å²) in [6.45, 7) is 2.68. The first-order valence-electron chi connectivity index (χ1n) is 6.25. The second-order valence-corrected chi connectivity index (χ2v) is 7.20. The summed E-state index contributed by atoms with van der Waals surface area (Å²) < 4.78 is 27.9. The van der Waals surface area contributed by atoms with Gasteiger partial charge in [0.1, 0.15) is 0 Å². The smallest absolute Gasteiger partial charge is 0.175 e. The van der Waals surface area contributed by atoms with Gasteiger partial charge in [-0.05, 0) is 24.1 Å². The summed E-state index contributed by atoms with van der Waals surface area (Å²) in [5, 5.41) is 3.29. The van der Waals surface area contributed by atoms with Crippen LogP contribution in [-0.4, -0.2) is 40.0 Å². The molecule has 0 spiro atoms. The Labute approximate surface area is 114 Å². The van der Waals surface area contributed by atoms with Crippen molar-refractivity contribution in [2.45, 2.75) is 23.4 Å². The first-order valence-corrected chi connectivity index (χ1v) is 8.15. The lowest BCUT2D eigenvalue weighted by Crippen LogP contribution is -2.49. The summed E-state index contributed by atoms with van der Waals surface area (Å²) in [7, 11) is -3.12. The molecule has 1 aliphatic rings. The van der Waals surface area contributed by atoms with Crippen molar-refractivity contribution in [1.82, 2.24) is 5.32 Å². The second kappa shape index (κ2) is 5.58. The molecule has 5 nitrogen and oxygen atoms in total. The number of benzene rings is 1. The standard InChI is InChI=1S/C13H20N2O3S/c1-19(16,17)12-4-2-11(3-5-12)8-15-9-13(14)6-7-18-10-13/h2-5,15H,6-10,14H2,1H3. The fourth-order valence-corrected chi connectivity index (χ4v) is 2.70. The molecule has 3 N–H and O–H groups in total. The zero-order valence-corrected chi connectivity index (χ0v) is 11.9. The van der Waals surface area contributed by atoms with Crippen LogP contribution in [-0.2, 0) is 21.1 Å². The quantitative estimate of drug-likeness (QED) is 0.812. The molecule has 19 heavy (non-hydrogen) atoms. The van der Waals surface area contributed by atoms with Crippen LogP contribution in [0.5, 0.6) is 0 Å². The van der Waals surface area contributed by atoms with Crippen molar-refractivity contribution in [1.29, 1.82) is 0 Å². The Morgan fingerprint density at radius 1 is 1.37 bits per heavy atom. The average molecular weight is 284 g/mol. The Hall–Kier alpha value is -0.950. The Balaban J connectivity index is 1.87. The molecule has 1 fully saturated rings. The van der Waals surface area contributed by atoms with Gasteiger partial charge in [0.2, 0.25) is 0 Å². The van der Waals surface area contributed by atoms with Crippen LogP contribution in [0.4, 0.5) is 0 Å². The molecule has 1 atom stereocenters. The van der Waals surface area contributed by atoms with E-state index in [0.717, 1.165) is 18.6 Å². The lowest BCUT2D eigenvalue weighted by Gasteiger charge is -2.22. The summed E-state index contributed by atoms with van der Waals surface area (Å²) in [5.74, 6) is 0. The molecule has 0 amide bonds. The van der Waals surface area contributed by atoms with Crippen molar-refractivity contribution < 1.29 is 13.2 Å². The van der Waals surface area contributed by atoms with Crippen LogP contribution in [0, 0.1) is 0 Å². The van der Waals surface area contributed by atoms with Gasteiger partial charge in [-0.1, -0.05) is 12.1 Å². The summed E-state index contributed by atoms with van der Waals surface area (Å²) in [6.07, 6.45) is 2.07. The van der Waals surface area contributed by atoms with Crippen molar-refractivity contribution in [3.05, 3.63) is 29.8 Å². The van der Waals surface area contributed by atoms with Crippen molar-refractivity contribution in [3.8, 4) is 0 Å². The Kier molecular flexibility index (Phi) is 4.25. The molecule has 0 bridgehead atoms. The van der Waals surface area contributed by atoms with E-state index >= 15 is 0 Å². The van der Waals surface area contributed by atoms with Crippen LogP contribution in [0.15, 0.2) is 29.2 Å². The van der Waals surface area contributed by atoms with E-state index in [2.05, 4.69) is 5.32 Å². The SMILES string of the molecule is CS(=O)(=O)c1ccc(CNCC2(N)CCOC2)cc1. The monoisotopic (exact) mass is 284 g/mol. The van der Waals surface area contributed by atoms with Crippen LogP contribution in [0.1, 0.15) is 12.0 Å². The summed E-state index contributed by atoms with van der Waals surface area (Å²) in [5.41, 5.74) is 6.90. The van der Waals surface area contributed by atoms with E-state index < -0.39 is 9.84 Å². The molecule has 1 saturated heterocycles. The lowest BCUT2D eigenvalue weighted by molar-refractivity contribution is 0.177. The maximum Gasteiger partial charge on any atom is 0.175 e. The zero-order valence-electron chi connectivity index (χ0n) is 11.1. The largest absolute Gasteiger partial charge is 0.379 e. The van der Waals surface area contributed by atoms with E-state index in [9.17, 15) is 8.42 Å². The molecule has 1 aromatic rings. The van der Waals surface area contributed by atoms with Crippen LogP contribution in [0.3, 0.4) is 0 Å². The molecule has 0 aliphatic carbocycles. The van der Waals surface area contributed by atoms with E-state index in [1.807, 2.05) is 12.1 Å². The number of hydrogen-bond donors (Lipinski definition) is 2. The fraction of sp³-hybridized carbons (Fsp3) is 0.538. The fourth-order valence-electron chi connectivity index (χ4n) is 2.07. The topological polar surface area (TPSA) is 81.4 Å². The predicted octanol–water partition coefficient (Wildman–Crippen LogP) is 0.298. The molecule has 0 saturated carbocycles. The summed E-state index contributed by atoms with van der Waals surface area (Å²) in [6, 6.07) is 6.89. The van der Waals surface area contributed by atoms with Gasteiger partial charge in [0.15, 0.2) is 9.84 Å². The van der Waals surface area contributed by atoms with Gasteiger partial charge in [0, 0.05) is 26.0 Å². The van der Waals surface area contributed by atoms with Crippen LogP contribution in [0.2, 0.25) is 0 Å². The molecule has 1 heterocycles. The molecule has 1 unspecified atom stereocenters. The van der Waals surface area contributed by atoms with Crippen LogP contribution in [0.25, 0.3) is 0 Å². The van der Waals surface area contributed by atoms with Crippen molar-refractivity contribution in [3.63, 3.8) is 0 Å². The number of rotatable bonds is 5. The number of sulfone groups is 1. The van der Waals surface area contributed by atoms with Crippen molar-refractivity contribution in [2.24, 2.45) is 5.73 Å². The number of hydrogen-bond acceptors (Lipinski definition) is 5. The van der Waals surface area contributed by atoms with E-state index in [1.54, 1.807) is 12.1 Å². The highest BCUT2D eigenvalue weighted by Crippen LogP contribution is 2.14. The van der Waals surface area contributed by atoms with Gasteiger partial charge in [0.25, 0.3) is 0 Å². The maximum atomic E-state index is 11.3. The maximum absolute atomic E-state index is 11.3. The van der Waals surface area contributed by atoms with Gasteiger partial charge in [-0.2, -0.15) is 0 Å². The first kappa shape index (κ1) is 14.5. The van der Waals surface area contributed by atoms with Crippen LogP contribution < -0.4 is 11.1 Å². The third-order valence-corrected chi connectivity index (χ3v) is 4.42. The van der Waals surface area contributed by atoms with Gasteiger partial charge in [-0.25, -0.2) is 8.42 Å². The van der Waals surface area contributed by atoms with Gasteiger partial charge in [-0.15, -0.1) is 0 Å². The van der Waals surface area contributed by atoms with E-state index in [4.69, 9.17) is 10.5 Å². The van der Waals surface area contributed by atoms with Gasteiger partial charge < -0.3 is 15.8 Å². The molecular formula is C13H20N2O3S. The summed E-state index contributed by atoms with van der Waals surface area (Å²) in [4.78, 5) is 0.343. The normalized spacial score (nSPS) is 23.7. The van der Waals surface area contributed by atoms with Crippen molar-refractivity contribution in [2.75, 3.05) is 26.0 Å². The number of nitrogens with two attached hydrogens (primary N) is 1. The molecule has 1 aliphatic heterocycles. The molecule has 6 heteroatoms. The summed E-state index contributed by atoms with van der Waals surface area (Å²) >= 11 is 0. The van der Waals surface area contributed by atoms with E-state index in [-0.39, 0.29) is 5.54 Å². The number of nitrogens with one attached hydrogen (secondary N) is 1. The predicted molar refractivity (Wildman–Crippen MR) is 73.6 cm³/mol. The molecule has 1 aromatic carbocycles. The Morgan fingerprint density at radius 3 is 2.58 bits per heavy atom. The highest BCUT2D eigenvalue weighted by molar-refractivity contribution is 7.90. The third-order valence-electron chi connectivity index (χ3n) is 3.29. The average Bonchev–Trinajstić information content (AvgIpc) is 2.76. The third kappa shape index (κ3) is 4.01. The Morgan fingerprint density at radius 2 is 2.05 bits per heavy atom. The van der Waals surface area contributed by atoms with Crippen molar-refractivity contribution >= 4 is 9.84 Å². The van der Waals surface area contributed by atoms with E-state index in [0.29, 0.717) is 24.6 Å². The van der Waals surface area contributed by atoms with Gasteiger partial charge in [-0.3, -0.25) is 0 Å². The minimum atomic E-state index is -3.12. The highest BCUT2D eigenvalue weighted by Gasteiger charge is 2.29. The van der Waals surface area contributed by atoms with E-state index in [1.165, 1.54) is 6.26 Å². The highest BCUT2D eigenvalue weighted by atomic mass is 32.2. The Bertz CT molecular complexity index is 519. The van der Waals surface area contributed by atoms with Gasteiger partial charge in [0.05, 0.1) is 17.0 Å². The molecule has 106 valence electrons. The molecule has 0 radical (unpaired) electrons. The van der Waals surface area contributed by atoms with Crippen LogP contribution >= 0.6 is 0 Å². The zero-order chi connectivity index (χ0) is 13.9. The lowest BCUT2D eigenvalue weighted by atomic mass is 10.0. The minimum absolute atomic E-state index is 0.271. The number of ether oxygens (including phenoxy) is 1. The molecule has 0 aromatic heterocycles. The second-order valence-electron chi connectivity index (χ2n) is 5.18. The molecule has 2 rings (SSSR count). The minimum Gasteiger partial charge on any atom is -0.379 e. The first-order chi connectivity index (χ1) is 8.89.